The van der Waals surface area contributed by atoms with Crippen molar-refractivity contribution in [1.29, 1.82) is 0 Å². The number of carbonyl (C=O) groups is 1. The van der Waals surface area contributed by atoms with Gasteiger partial charge < -0.3 is 9.47 Å². The van der Waals surface area contributed by atoms with Gasteiger partial charge in [-0.2, -0.15) is 0 Å². The van der Waals surface area contributed by atoms with Gasteiger partial charge in [0.2, 0.25) is 0 Å². The molecule has 0 aliphatic heterocycles. The molecule has 0 saturated carbocycles. The molecule has 0 heterocycles. The average molecular weight is 194 g/mol. The summed E-state index contributed by atoms with van der Waals surface area (Å²) in [6.45, 7) is 2.26. The van der Waals surface area contributed by atoms with Crippen LogP contribution in [0.3, 0.4) is 0 Å². The Balaban J connectivity index is 2.68. The number of benzene rings is 1. The first kappa shape index (κ1) is 10.7. The number of hydrogen-bond acceptors (Lipinski definition) is 3. The lowest BCUT2D eigenvalue weighted by Crippen LogP contribution is -2.02. The molecule has 1 aromatic rings. The quantitative estimate of drug-likeness (QED) is 0.687. The largest absolute Gasteiger partial charge is 0.461 e. The standard InChI is InChI=1S/C11H14O3/c1-9(12)14-8-11-6-4-3-5-10(11)7-13-2/h3-6H,7-8H2,1-2H3. The van der Waals surface area contributed by atoms with E-state index in [2.05, 4.69) is 0 Å². The Hall–Kier alpha value is -1.35. The fourth-order valence-electron chi connectivity index (χ4n) is 1.17. The van der Waals surface area contributed by atoms with Crippen LogP contribution >= 0.6 is 0 Å². The highest BCUT2D eigenvalue weighted by Gasteiger charge is 2.02. The molecular formula is C11H14O3. The molecule has 0 bridgehead atoms. The van der Waals surface area contributed by atoms with Gasteiger partial charge in [-0.05, 0) is 11.1 Å². The summed E-state index contributed by atoms with van der Waals surface area (Å²) in [6.07, 6.45) is 0. The van der Waals surface area contributed by atoms with Crippen LogP contribution in [0.25, 0.3) is 0 Å². The van der Waals surface area contributed by atoms with E-state index in [4.69, 9.17) is 9.47 Å². The predicted molar refractivity (Wildman–Crippen MR) is 52.6 cm³/mol. The Morgan fingerprint density at radius 3 is 2.29 bits per heavy atom. The summed E-state index contributed by atoms with van der Waals surface area (Å²) in [7, 11) is 1.64. The summed E-state index contributed by atoms with van der Waals surface area (Å²) in [5.74, 6) is -0.266. The minimum Gasteiger partial charge on any atom is -0.461 e. The Morgan fingerprint density at radius 2 is 1.79 bits per heavy atom. The molecule has 0 radical (unpaired) electrons. The molecule has 0 aliphatic carbocycles. The van der Waals surface area contributed by atoms with E-state index in [9.17, 15) is 4.79 Å². The molecule has 0 fully saturated rings. The Bertz CT molecular complexity index is 307. The maximum Gasteiger partial charge on any atom is 0.302 e. The molecule has 3 heteroatoms. The second-order valence-electron chi connectivity index (χ2n) is 2.98. The highest BCUT2D eigenvalue weighted by atomic mass is 16.5. The molecule has 3 nitrogen and oxygen atoms in total. The van der Waals surface area contributed by atoms with Gasteiger partial charge in [0.15, 0.2) is 0 Å². The van der Waals surface area contributed by atoms with Gasteiger partial charge in [-0.1, -0.05) is 24.3 Å². The number of esters is 1. The molecular weight excluding hydrogens is 180 g/mol. The minimum absolute atomic E-state index is 0.266. The Morgan fingerprint density at radius 1 is 1.21 bits per heavy atom. The van der Waals surface area contributed by atoms with Crippen molar-refractivity contribution >= 4 is 5.97 Å². The summed E-state index contributed by atoms with van der Waals surface area (Å²) in [5.41, 5.74) is 2.04. The molecule has 0 atom stereocenters. The van der Waals surface area contributed by atoms with Crippen LogP contribution in [0.5, 0.6) is 0 Å². The average Bonchev–Trinajstić information content (AvgIpc) is 2.17. The van der Waals surface area contributed by atoms with Gasteiger partial charge in [0.1, 0.15) is 6.61 Å². The third kappa shape index (κ3) is 3.18. The van der Waals surface area contributed by atoms with Crippen molar-refractivity contribution in [2.75, 3.05) is 7.11 Å². The van der Waals surface area contributed by atoms with Crippen LogP contribution in [-0.2, 0) is 27.5 Å². The third-order valence-electron chi connectivity index (χ3n) is 1.85. The summed E-state index contributed by atoms with van der Waals surface area (Å²) >= 11 is 0. The summed E-state index contributed by atoms with van der Waals surface area (Å²) < 4.78 is 9.96. The molecule has 0 spiro atoms. The monoisotopic (exact) mass is 194 g/mol. The van der Waals surface area contributed by atoms with Crippen molar-refractivity contribution in [3.63, 3.8) is 0 Å². The fraction of sp³-hybridized carbons (Fsp3) is 0.364. The summed E-state index contributed by atoms with van der Waals surface area (Å²) in [6, 6.07) is 7.74. The van der Waals surface area contributed by atoms with Crippen molar-refractivity contribution in [1.82, 2.24) is 0 Å². The summed E-state index contributed by atoms with van der Waals surface area (Å²) in [4.78, 5) is 10.6. The molecule has 0 aromatic heterocycles. The van der Waals surface area contributed by atoms with Gasteiger partial charge in [0.05, 0.1) is 6.61 Å². The van der Waals surface area contributed by atoms with Crippen molar-refractivity contribution in [3.8, 4) is 0 Å². The molecule has 76 valence electrons. The molecule has 0 amide bonds. The zero-order chi connectivity index (χ0) is 10.4. The van der Waals surface area contributed by atoms with Gasteiger partial charge >= 0.3 is 5.97 Å². The van der Waals surface area contributed by atoms with Crippen LogP contribution in [0.1, 0.15) is 18.1 Å². The van der Waals surface area contributed by atoms with Crippen molar-refractivity contribution in [2.24, 2.45) is 0 Å². The smallest absolute Gasteiger partial charge is 0.302 e. The zero-order valence-corrected chi connectivity index (χ0v) is 8.45. The van der Waals surface area contributed by atoms with E-state index in [1.807, 2.05) is 24.3 Å². The van der Waals surface area contributed by atoms with Crippen LogP contribution in [0, 0.1) is 0 Å². The maximum absolute atomic E-state index is 10.6. The minimum atomic E-state index is -0.266. The third-order valence-corrected chi connectivity index (χ3v) is 1.85. The molecule has 14 heavy (non-hydrogen) atoms. The first-order chi connectivity index (χ1) is 6.74. The van der Waals surface area contributed by atoms with Crippen LogP contribution < -0.4 is 0 Å². The van der Waals surface area contributed by atoms with E-state index < -0.39 is 0 Å². The van der Waals surface area contributed by atoms with Crippen LogP contribution in [0.4, 0.5) is 0 Å². The maximum atomic E-state index is 10.6. The van der Waals surface area contributed by atoms with Gasteiger partial charge in [-0.15, -0.1) is 0 Å². The van der Waals surface area contributed by atoms with Crippen LogP contribution in [0.15, 0.2) is 24.3 Å². The Labute approximate surface area is 83.6 Å². The number of methoxy groups -OCH3 is 1. The van der Waals surface area contributed by atoms with Crippen molar-refractivity contribution in [2.45, 2.75) is 20.1 Å². The topological polar surface area (TPSA) is 35.5 Å². The number of carbonyl (C=O) groups excluding carboxylic acids is 1. The van der Waals surface area contributed by atoms with E-state index in [0.29, 0.717) is 13.2 Å². The molecule has 0 N–H and O–H groups in total. The first-order valence-corrected chi connectivity index (χ1v) is 4.43. The molecule has 1 rings (SSSR count). The lowest BCUT2D eigenvalue weighted by Gasteiger charge is -2.08. The first-order valence-electron chi connectivity index (χ1n) is 4.43. The van der Waals surface area contributed by atoms with Gasteiger partial charge in [0.25, 0.3) is 0 Å². The lowest BCUT2D eigenvalue weighted by atomic mass is 10.1. The zero-order valence-electron chi connectivity index (χ0n) is 8.45. The van der Waals surface area contributed by atoms with Crippen LogP contribution in [-0.4, -0.2) is 13.1 Å². The van der Waals surface area contributed by atoms with E-state index in [1.54, 1.807) is 7.11 Å². The van der Waals surface area contributed by atoms with Crippen molar-refractivity contribution in [3.05, 3.63) is 35.4 Å². The second-order valence-corrected chi connectivity index (χ2v) is 2.98. The second kappa shape index (κ2) is 5.40. The van der Waals surface area contributed by atoms with Crippen LogP contribution in [0.2, 0.25) is 0 Å². The predicted octanol–water partition coefficient (Wildman–Crippen LogP) is 1.90. The van der Waals surface area contributed by atoms with E-state index in [1.165, 1.54) is 6.92 Å². The molecule has 0 saturated heterocycles. The van der Waals surface area contributed by atoms with Gasteiger partial charge in [0, 0.05) is 14.0 Å². The molecule has 0 aliphatic rings. The Kier molecular flexibility index (Phi) is 4.13. The number of hydrogen-bond donors (Lipinski definition) is 0. The normalized spacial score (nSPS) is 9.86. The highest BCUT2D eigenvalue weighted by Crippen LogP contribution is 2.11. The van der Waals surface area contributed by atoms with Gasteiger partial charge in [-0.3, -0.25) is 4.79 Å². The number of ether oxygens (including phenoxy) is 2. The number of rotatable bonds is 4. The summed E-state index contributed by atoms with van der Waals surface area (Å²) in [5, 5.41) is 0. The highest BCUT2D eigenvalue weighted by molar-refractivity contribution is 5.65. The SMILES string of the molecule is COCc1ccccc1COC(C)=O. The molecule has 1 aromatic carbocycles. The molecule has 0 unspecified atom stereocenters. The van der Waals surface area contributed by atoms with Gasteiger partial charge in [-0.25, -0.2) is 0 Å². The van der Waals surface area contributed by atoms with E-state index >= 15 is 0 Å². The van der Waals surface area contributed by atoms with E-state index in [0.717, 1.165) is 11.1 Å². The van der Waals surface area contributed by atoms with Crippen molar-refractivity contribution < 1.29 is 14.3 Å². The lowest BCUT2D eigenvalue weighted by molar-refractivity contribution is -0.142. The van der Waals surface area contributed by atoms with E-state index in [-0.39, 0.29) is 5.97 Å². The fourth-order valence-corrected chi connectivity index (χ4v) is 1.17.